The van der Waals surface area contributed by atoms with E-state index in [1.165, 1.54) is 12.2 Å². The Labute approximate surface area is 190 Å². The largest absolute Gasteiger partial charge is 0.508 e. The Morgan fingerprint density at radius 2 is 1.85 bits per heavy atom. The van der Waals surface area contributed by atoms with Crippen molar-refractivity contribution in [2.24, 2.45) is 0 Å². The van der Waals surface area contributed by atoms with Crippen LogP contribution < -0.4 is 5.32 Å². The molecule has 180 valence electrons. The summed E-state index contributed by atoms with van der Waals surface area (Å²) in [6.45, 7) is 8.02. The molecular weight excluding hydrogens is 440 g/mol. The summed E-state index contributed by atoms with van der Waals surface area (Å²) in [6, 6.07) is 2.50. The van der Waals surface area contributed by atoms with Gasteiger partial charge in [0, 0.05) is 11.1 Å². The summed E-state index contributed by atoms with van der Waals surface area (Å²) < 4.78 is 53.9. The van der Waals surface area contributed by atoms with Crippen molar-refractivity contribution in [3.63, 3.8) is 0 Å². The number of amides is 2. The predicted molar refractivity (Wildman–Crippen MR) is 117 cm³/mol. The van der Waals surface area contributed by atoms with Crippen molar-refractivity contribution < 1.29 is 32.3 Å². The normalized spacial score (nSPS) is 17.5. The van der Waals surface area contributed by atoms with Gasteiger partial charge in [-0.05, 0) is 88.9 Å². The summed E-state index contributed by atoms with van der Waals surface area (Å²) in [6.07, 6.45) is -1.77. The molecular formula is C24H28F4N2O3. The third-order valence-corrected chi connectivity index (χ3v) is 4.94. The number of aliphatic hydroxyl groups excluding tert-OH is 1. The molecule has 0 saturated carbocycles. The third kappa shape index (κ3) is 6.69. The monoisotopic (exact) mass is 468 g/mol. The molecule has 1 aromatic carbocycles. The Bertz CT molecular complexity index is 1030. The summed E-state index contributed by atoms with van der Waals surface area (Å²) in [4.78, 5) is 27.2. The Morgan fingerprint density at radius 3 is 2.39 bits per heavy atom. The van der Waals surface area contributed by atoms with Crippen LogP contribution in [0.4, 0.5) is 17.6 Å². The Morgan fingerprint density at radius 1 is 1.21 bits per heavy atom. The molecule has 0 aromatic heterocycles. The number of nitrogens with zero attached hydrogens (tertiary/aromatic N) is 1. The number of allylic oxidation sites excluding steroid dienone is 3. The average Bonchev–Trinajstić information content (AvgIpc) is 2.78. The number of hydrogen-bond donors (Lipinski definition) is 2. The zero-order valence-electron chi connectivity index (χ0n) is 19.2. The Kier molecular flexibility index (Phi) is 7.77. The van der Waals surface area contributed by atoms with E-state index in [0.717, 1.165) is 11.0 Å². The van der Waals surface area contributed by atoms with Crippen LogP contribution in [-0.4, -0.2) is 33.9 Å². The SMILES string of the molecule is C/C=C(O)\C=C1/CCC(C)=C(c2ccc(F)c(C(F)(F)F)c2)N(CC(=O)NC(C)(C)C)C1=O. The molecule has 9 heteroatoms. The Hall–Kier alpha value is -3.10. The third-order valence-electron chi connectivity index (χ3n) is 4.94. The fourth-order valence-corrected chi connectivity index (χ4v) is 3.49. The maximum Gasteiger partial charge on any atom is 0.419 e. The number of benzene rings is 1. The van der Waals surface area contributed by atoms with Crippen LogP contribution in [0.15, 0.2) is 47.3 Å². The molecule has 0 radical (unpaired) electrons. The van der Waals surface area contributed by atoms with Crippen LogP contribution >= 0.6 is 0 Å². The van der Waals surface area contributed by atoms with Crippen LogP contribution in [0.2, 0.25) is 0 Å². The highest BCUT2D eigenvalue weighted by Gasteiger charge is 2.36. The number of carbonyl (C=O) groups excluding carboxylic acids is 2. The first-order valence-electron chi connectivity index (χ1n) is 10.4. The molecule has 0 fully saturated rings. The van der Waals surface area contributed by atoms with Gasteiger partial charge in [0.1, 0.15) is 18.1 Å². The van der Waals surface area contributed by atoms with Gasteiger partial charge in [-0.25, -0.2) is 4.39 Å². The molecule has 1 heterocycles. The molecule has 0 bridgehead atoms. The van der Waals surface area contributed by atoms with Gasteiger partial charge in [-0.3, -0.25) is 14.5 Å². The molecule has 0 spiro atoms. The topological polar surface area (TPSA) is 69.6 Å². The molecule has 5 nitrogen and oxygen atoms in total. The molecule has 1 aromatic rings. The van der Waals surface area contributed by atoms with Gasteiger partial charge in [0.25, 0.3) is 5.91 Å². The van der Waals surface area contributed by atoms with Gasteiger partial charge in [-0.2, -0.15) is 13.2 Å². The van der Waals surface area contributed by atoms with E-state index in [1.54, 1.807) is 34.6 Å². The van der Waals surface area contributed by atoms with Crippen molar-refractivity contribution in [2.75, 3.05) is 6.54 Å². The lowest BCUT2D eigenvalue weighted by Gasteiger charge is -2.28. The first-order valence-corrected chi connectivity index (χ1v) is 10.4. The number of carbonyl (C=O) groups is 2. The fourth-order valence-electron chi connectivity index (χ4n) is 3.49. The van der Waals surface area contributed by atoms with Crippen LogP contribution in [0, 0.1) is 5.82 Å². The first kappa shape index (κ1) is 26.2. The van der Waals surface area contributed by atoms with Gasteiger partial charge < -0.3 is 10.4 Å². The summed E-state index contributed by atoms with van der Waals surface area (Å²) in [5, 5.41) is 12.6. The molecule has 0 unspecified atom stereocenters. The second-order valence-corrected chi connectivity index (χ2v) is 8.89. The van der Waals surface area contributed by atoms with E-state index in [0.29, 0.717) is 24.1 Å². The van der Waals surface area contributed by atoms with Crippen LogP contribution in [0.25, 0.3) is 5.70 Å². The van der Waals surface area contributed by atoms with E-state index in [4.69, 9.17) is 0 Å². The van der Waals surface area contributed by atoms with Crippen molar-refractivity contribution in [2.45, 2.75) is 59.2 Å². The molecule has 33 heavy (non-hydrogen) atoms. The fraction of sp³-hybridized carbons (Fsp3) is 0.417. The molecule has 1 aliphatic heterocycles. The minimum Gasteiger partial charge on any atom is -0.508 e. The maximum atomic E-state index is 13.9. The van der Waals surface area contributed by atoms with Crippen molar-refractivity contribution in [1.82, 2.24) is 10.2 Å². The highest BCUT2D eigenvalue weighted by molar-refractivity contribution is 6.03. The lowest BCUT2D eigenvalue weighted by atomic mass is 10.0. The van der Waals surface area contributed by atoms with Gasteiger partial charge in [-0.15, -0.1) is 0 Å². The van der Waals surface area contributed by atoms with Crippen molar-refractivity contribution in [3.05, 3.63) is 64.2 Å². The second kappa shape index (κ2) is 9.80. The van der Waals surface area contributed by atoms with Gasteiger partial charge in [0.05, 0.1) is 11.3 Å². The highest BCUT2D eigenvalue weighted by atomic mass is 19.4. The summed E-state index contributed by atoms with van der Waals surface area (Å²) in [7, 11) is 0. The van der Waals surface area contributed by atoms with Crippen LogP contribution in [0.1, 0.15) is 58.6 Å². The standard InChI is InChI=1S/C24H28F4N2O3/c1-6-17(31)11-16-8-7-14(2)21(15-9-10-19(25)18(12-15)24(26,27)28)30(22(16)33)13-20(32)29-23(3,4)5/h6,9-12,31H,7-8,13H2,1-5H3,(H,29,32)/b16-11+,17-6+. The van der Waals surface area contributed by atoms with Gasteiger partial charge >= 0.3 is 6.18 Å². The molecule has 2 amide bonds. The number of nitrogens with one attached hydrogen (secondary N) is 1. The van der Waals surface area contributed by atoms with Gasteiger partial charge in [-0.1, -0.05) is 0 Å². The lowest BCUT2D eigenvalue weighted by Crippen LogP contribution is -2.47. The highest BCUT2D eigenvalue weighted by Crippen LogP contribution is 2.37. The number of hydrogen-bond acceptors (Lipinski definition) is 3. The van der Waals surface area contributed by atoms with E-state index < -0.39 is 41.5 Å². The zero-order chi connectivity index (χ0) is 25.1. The molecule has 2 N–H and O–H groups in total. The second-order valence-electron chi connectivity index (χ2n) is 8.89. The number of halogens is 4. The quantitative estimate of drug-likeness (QED) is 0.348. The van der Waals surface area contributed by atoms with Crippen LogP contribution in [0.3, 0.4) is 0 Å². The predicted octanol–water partition coefficient (Wildman–Crippen LogP) is 5.50. The zero-order valence-corrected chi connectivity index (χ0v) is 19.2. The molecule has 2 rings (SSSR count). The van der Waals surface area contributed by atoms with Crippen molar-refractivity contribution in [3.8, 4) is 0 Å². The molecule has 0 saturated heterocycles. The number of aliphatic hydroxyl groups is 1. The smallest absolute Gasteiger partial charge is 0.419 e. The minimum atomic E-state index is -4.93. The van der Waals surface area contributed by atoms with Gasteiger partial charge in [0.2, 0.25) is 5.91 Å². The maximum absolute atomic E-state index is 13.9. The van der Waals surface area contributed by atoms with Crippen molar-refractivity contribution >= 4 is 17.5 Å². The van der Waals surface area contributed by atoms with E-state index in [9.17, 15) is 32.3 Å². The summed E-state index contributed by atoms with van der Waals surface area (Å²) in [5.74, 6) is -2.73. The Balaban J connectivity index is 2.66. The van der Waals surface area contributed by atoms with E-state index in [-0.39, 0.29) is 29.0 Å². The minimum absolute atomic E-state index is 0.0327. The van der Waals surface area contributed by atoms with Crippen LogP contribution in [0.5, 0.6) is 0 Å². The number of rotatable bonds is 4. The van der Waals surface area contributed by atoms with E-state index >= 15 is 0 Å². The molecule has 0 aliphatic carbocycles. The van der Waals surface area contributed by atoms with Crippen molar-refractivity contribution in [1.29, 1.82) is 0 Å². The summed E-state index contributed by atoms with van der Waals surface area (Å²) in [5.41, 5.74) is -1.24. The number of alkyl halides is 3. The van der Waals surface area contributed by atoms with E-state index in [2.05, 4.69) is 5.32 Å². The average molecular weight is 468 g/mol. The molecule has 1 aliphatic rings. The van der Waals surface area contributed by atoms with E-state index in [1.807, 2.05) is 0 Å². The first-order chi connectivity index (χ1) is 15.1. The van der Waals surface area contributed by atoms with Gasteiger partial charge in [0.15, 0.2) is 0 Å². The molecule has 0 atom stereocenters. The lowest BCUT2D eigenvalue weighted by molar-refractivity contribution is -0.140. The summed E-state index contributed by atoms with van der Waals surface area (Å²) >= 11 is 0. The van der Waals surface area contributed by atoms with Crippen LogP contribution in [-0.2, 0) is 15.8 Å².